The minimum absolute atomic E-state index is 0.0784. The van der Waals surface area contributed by atoms with E-state index in [1.54, 1.807) is 6.92 Å². The van der Waals surface area contributed by atoms with E-state index in [1.165, 1.54) is 5.56 Å². The standard InChI is InChI=1S/C19H21NO2/c1-19(22,15-10-6-3-7-11-15)13-18(21)20-17-12-16(17)14-8-4-2-5-9-14/h2-11,16-17,22H,12-13H2,1H3,(H,20,21). The topological polar surface area (TPSA) is 49.3 Å². The summed E-state index contributed by atoms with van der Waals surface area (Å²) in [4.78, 5) is 12.2. The Bertz CT molecular complexity index is 637. The number of hydrogen-bond donors (Lipinski definition) is 2. The molecule has 0 aromatic heterocycles. The Hall–Kier alpha value is -2.13. The van der Waals surface area contributed by atoms with Crippen LogP contribution in [0.3, 0.4) is 0 Å². The van der Waals surface area contributed by atoms with Crippen LogP contribution < -0.4 is 5.32 Å². The molecule has 0 radical (unpaired) electrons. The Morgan fingerprint density at radius 2 is 1.73 bits per heavy atom. The number of aliphatic hydroxyl groups is 1. The van der Waals surface area contributed by atoms with Crippen LogP contribution in [0.5, 0.6) is 0 Å². The molecule has 2 N–H and O–H groups in total. The number of rotatable bonds is 5. The normalized spacial score (nSPS) is 22.6. The molecule has 1 amide bonds. The predicted molar refractivity (Wildman–Crippen MR) is 86.4 cm³/mol. The summed E-state index contributed by atoms with van der Waals surface area (Å²) in [5.74, 6) is 0.309. The van der Waals surface area contributed by atoms with Crippen molar-refractivity contribution in [3.63, 3.8) is 0 Å². The van der Waals surface area contributed by atoms with Gasteiger partial charge in [-0.3, -0.25) is 4.79 Å². The quantitative estimate of drug-likeness (QED) is 0.891. The van der Waals surface area contributed by atoms with E-state index in [1.807, 2.05) is 48.5 Å². The highest BCUT2D eigenvalue weighted by Crippen LogP contribution is 2.40. The summed E-state index contributed by atoms with van der Waals surface area (Å²) < 4.78 is 0. The molecule has 3 atom stereocenters. The van der Waals surface area contributed by atoms with Crippen molar-refractivity contribution in [2.75, 3.05) is 0 Å². The molecule has 0 bridgehead atoms. The van der Waals surface area contributed by atoms with Gasteiger partial charge in [0, 0.05) is 12.0 Å². The SMILES string of the molecule is CC(O)(CC(=O)NC1CC1c1ccccc1)c1ccccc1. The molecule has 3 nitrogen and oxygen atoms in total. The molecule has 2 aromatic rings. The van der Waals surface area contributed by atoms with Crippen LogP contribution in [0.1, 0.15) is 36.8 Å². The Labute approximate surface area is 131 Å². The Morgan fingerprint density at radius 1 is 1.14 bits per heavy atom. The lowest BCUT2D eigenvalue weighted by molar-refractivity contribution is -0.126. The summed E-state index contributed by atoms with van der Waals surface area (Å²) in [5, 5.41) is 13.5. The summed E-state index contributed by atoms with van der Waals surface area (Å²) >= 11 is 0. The van der Waals surface area contributed by atoms with Crippen LogP contribution in [0.2, 0.25) is 0 Å². The van der Waals surface area contributed by atoms with Crippen molar-refractivity contribution in [2.24, 2.45) is 0 Å². The zero-order valence-corrected chi connectivity index (χ0v) is 12.7. The molecular formula is C19H21NO2. The molecule has 3 unspecified atom stereocenters. The van der Waals surface area contributed by atoms with Crippen LogP contribution in [-0.4, -0.2) is 17.1 Å². The molecule has 3 heteroatoms. The van der Waals surface area contributed by atoms with Crippen LogP contribution in [0.25, 0.3) is 0 Å². The molecule has 1 fully saturated rings. The first kappa shape index (κ1) is 14.8. The van der Waals surface area contributed by atoms with Gasteiger partial charge in [-0.25, -0.2) is 0 Å². The minimum atomic E-state index is -1.14. The van der Waals surface area contributed by atoms with Crippen molar-refractivity contribution in [1.82, 2.24) is 5.32 Å². The van der Waals surface area contributed by atoms with Crippen LogP contribution >= 0.6 is 0 Å². The van der Waals surface area contributed by atoms with Crippen molar-refractivity contribution in [3.8, 4) is 0 Å². The van der Waals surface area contributed by atoms with Crippen LogP contribution in [0, 0.1) is 0 Å². The van der Waals surface area contributed by atoms with Gasteiger partial charge in [0.25, 0.3) is 0 Å². The number of amides is 1. The molecule has 0 aliphatic heterocycles. The third-order valence-electron chi connectivity index (χ3n) is 4.27. The first-order chi connectivity index (χ1) is 10.6. The van der Waals surface area contributed by atoms with Crippen LogP contribution in [0.4, 0.5) is 0 Å². The van der Waals surface area contributed by atoms with Gasteiger partial charge < -0.3 is 10.4 Å². The van der Waals surface area contributed by atoms with Crippen LogP contribution in [-0.2, 0) is 10.4 Å². The number of carbonyl (C=O) groups is 1. The van der Waals surface area contributed by atoms with Crippen molar-refractivity contribution >= 4 is 5.91 Å². The van der Waals surface area contributed by atoms with E-state index in [9.17, 15) is 9.90 Å². The molecular weight excluding hydrogens is 274 g/mol. The maximum atomic E-state index is 12.2. The van der Waals surface area contributed by atoms with E-state index in [0.29, 0.717) is 5.92 Å². The lowest BCUT2D eigenvalue weighted by Crippen LogP contribution is -2.34. The Morgan fingerprint density at radius 3 is 2.36 bits per heavy atom. The number of hydrogen-bond acceptors (Lipinski definition) is 2. The molecule has 0 spiro atoms. The fourth-order valence-corrected chi connectivity index (χ4v) is 2.89. The molecule has 22 heavy (non-hydrogen) atoms. The number of carbonyl (C=O) groups excluding carboxylic acids is 1. The molecule has 2 aromatic carbocycles. The van der Waals surface area contributed by atoms with Gasteiger partial charge in [0.1, 0.15) is 0 Å². The molecule has 0 saturated heterocycles. The van der Waals surface area contributed by atoms with E-state index in [0.717, 1.165) is 12.0 Å². The third-order valence-corrected chi connectivity index (χ3v) is 4.27. The highest BCUT2D eigenvalue weighted by Gasteiger charge is 2.40. The summed E-state index contributed by atoms with van der Waals surface area (Å²) in [6, 6.07) is 19.7. The zero-order valence-electron chi connectivity index (χ0n) is 12.7. The van der Waals surface area contributed by atoms with Gasteiger partial charge >= 0.3 is 0 Å². The summed E-state index contributed by atoms with van der Waals surface area (Å²) in [5.41, 5.74) is 0.894. The van der Waals surface area contributed by atoms with Gasteiger partial charge in [-0.1, -0.05) is 60.7 Å². The predicted octanol–water partition coefficient (Wildman–Crippen LogP) is 2.96. The summed E-state index contributed by atoms with van der Waals surface area (Å²) in [6.45, 7) is 1.68. The summed E-state index contributed by atoms with van der Waals surface area (Å²) in [7, 11) is 0. The largest absolute Gasteiger partial charge is 0.385 e. The summed E-state index contributed by atoms with van der Waals surface area (Å²) in [6.07, 6.45) is 1.05. The fourth-order valence-electron chi connectivity index (χ4n) is 2.89. The zero-order chi connectivity index (χ0) is 15.6. The van der Waals surface area contributed by atoms with Crippen molar-refractivity contribution < 1.29 is 9.90 Å². The second-order valence-electron chi connectivity index (χ2n) is 6.24. The number of benzene rings is 2. The van der Waals surface area contributed by atoms with E-state index in [2.05, 4.69) is 17.4 Å². The van der Waals surface area contributed by atoms with Crippen molar-refractivity contribution in [1.29, 1.82) is 0 Å². The number of nitrogens with one attached hydrogen (secondary N) is 1. The molecule has 1 aliphatic rings. The second kappa shape index (κ2) is 5.93. The lowest BCUT2D eigenvalue weighted by Gasteiger charge is -2.23. The highest BCUT2D eigenvalue weighted by molar-refractivity contribution is 5.78. The molecule has 1 aliphatic carbocycles. The first-order valence-corrected chi connectivity index (χ1v) is 7.68. The maximum Gasteiger partial charge on any atom is 0.223 e. The highest BCUT2D eigenvalue weighted by atomic mass is 16.3. The monoisotopic (exact) mass is 295 g/mol. The van der Waals surface area contributed by atoms with E-state index >= 15 is 0 Å². The third kappa shape index (κ3) is 3.37. The van der Waals surface area contributed by atoms with Gasteiger partial charge in [-0.05, 0) is 24.5 Å². The smallest absolute Gasteiger partial charge is 0.223 e. The minimum Gasteiger partial charge on any atom is -0.385 e. The second-order valence-corrected chi connectivity index (χ2v) is 6.24. The fraction of sp³-hybridized carbons (Fsp3) is 0.316. The maximum absolute atomic E-state index is 12.2. The van der Waals surface area contributed by atoms with Gasteiger partial charge in [0.15, 0.2) is 0 Å². The van der Waals surface area contributed by atoms with E-state index < -0.39 is 5.60 Å². The van der Waals surface area contributed by atoms with Gasteiger partial charge in [0.05, 0.1) is 12.0 Å². The van der Waals surface area contributed by atoms with E-state index in [4.69, 9.17) is 0 Å². The Balaban J connectivity index is 1.56. The molecule has 1 saturated carbocycles. The lowest BCUT2D eigenvalue weighted by atomic mass is 9.92. The average molecular weight is 295 g/mol. The van der Waals surface area contributed by atoms with Gasteiger partial charge in [0.2, 0.25) is 5.91 Å². The molecule has 114 valence electrons. The van der Waals surface area contributed by atoms with Gasteiger partial charge in [-0.15, -0.1) is 0 Å². The van der Waals surface area contributed by atoms with Crippen LogP contribution in [0.15, 0.2) is 60.7 Å². The Kier molecular flexibility index (Phi) is 3.99. The molecule has 0 heterocycles. The first-order valence-electron chi connectivity index (χ1n) is 7.68. The van der Waals surface area contributed by atoms with Gasteiger partial charge in [-0.2, -0.15) is 0 Å². The average Bonchev–Trinajstić information content (AvgIpc) is 3.27. The van der Waals surface area contributed by atoms with Crippen molar-refractivity contribution in [3.05, 3.63) is 71.8 Å². The van der Waals surface area contributed by atoms with E-state index in [-0.39, 0.29) is 18.4 Å². The molecule has 3 rings (SSSR count). The van der Waals surface area contributed by atoms with Crippen molar-refractivity contribution in [2.45, 2.75) is 37.3 Å².